The van der Waals surface area contributed by atoms with Crippen molar-refractivity contribution in [2.24, 2.45) is 5.92 Å². The van der Waals surface area contributed by atoms with Gasteiger partial charge in [-0.15, -0.1) is 0 Å². The molecule has 2 nitrogen and oxygen atoms in total. The van der Waals surface area contributed by atoms with Crippen LogP contribution in [0.3, 0.4) is 0 Å². The lowest BCUT2D eigenvalue weighted by atomic mass is 9.93. The van der Waals surface area contributed by atoms with Crippen LogP contribution < -0.4 is 0 Å². The summed E-state index contributed by atoms with van der Waals surface area (Å²) in [6, 6.07) is 0. The Labute approximate surface area is 92.5 Å². The number of carboxylic acids is 1. The molecule has 1 N–H and O–H groups in total. The summed E-state index contributed by atoms with van der Waals surface area (Å²) in [6.07, 6.45) is 5.93. The third kappa shape index (κ3) is 7.25. The fourth-order valence-electron chi connectivity index (χ4n) is 1.65. The van der Waals surface area contributed by atoms with Gasteiger partial charge in [-0.25, -0.2) is 0 Å². The van der Waals surface area contributed by atoms with Crippen LogP contribution in [-0.2, 0) is 4.79 Å². The summed E-state index contributed by atoms with van der Waals surface area (Å²) in [7, 11) is 0. The molecule has 0 spiro atoms. The van der Waals surface area contributed by atoms with Gasteiger partial charge in [0.15, 0.2) is 0 Å². The molecule has 0 aliphatic carbocycles. The van der Waals surface area contributed by atoms with E-state index < -0.39 is 5.97 Å². The second-order valence-electron chi connectivity index (χ2n) is 3.90. The van der Waals surface area contributed by atoms with Crippen LogP contribution in [0, 0.1) is 5.92 Å². The van der Waals surface area contributed by atoms with E-state index in [0.717, 1.165) is 12.8 Å². The van der Waals surface area contributed by atoms with E-state index in [9.17, 15) is 4.79 Å². The molecule has 0 rings (SSSR count). The summed E-state index contributed by atoms with van der Waals surface area (Å²) in [5, 5.41) is 8.62. The van der Waals surface area contributed by atoms with Crippen LogP contribution in [0.4, 0.5) is 0 Å². The highest BCUT2D eigenvalue weighted by molar-refractivity contribution is 7.81. The first-order chi connectivity index (χ1) is 6.60. The highest BCUT2D eigenvalue weighted by Gasteiger charge is 2.14. The molecule has 3 heteroatoms. The van der Waals surface area contributed by atoms with Gasteiger partial charge in [0.05, 0.1) is 6.42 Å². The maximum absolute atomic E-state index is 10.4. The van der Waals surface area contributed by atoms with Crippen molar-refractivity contribution in [1.82, 2.24) is 0 Å². The van der Waals surface area contributed by atoms with E-state index in [4.69, 9.17) is 5.11 Å². The smallest absolute Gasteiger partial charge is 0.304 e. The summed E-state index contributed by atoms with van der Waals surface area (Å²) in [5.41, 5.74) is 0. The fraction of sp³-hybridized carbons (Fsp3) is 0.909. The van der Waals surface area contributed by atoms with Gasteiger partial charge in [-0.3, -0.25) is 4.79 Å². The lowest BCUT2D eigenvalue weighted by Crippen LogP contribution is -2.12. The molecule has 0 saturated heterocycles. The van der Waals surface area contributed by atoms with E-state index in [2.05, 4.69) is 26.5 Å². The van der Waals surface area contributed by atoms with Crippen molar-refractivity contribution in [3.8, 4) is 0 Å². The predicted molar refractivity (Wildman–Crippen MR) is 62.9 cm³/mol. The normalized spacial score (nSPS) is 15.1. The van der Waals surface area contributed by atoms with Gasteiger partial charge >= 0.3 is 5.97 Å². The van der Waals surface area contributed by atoms with E-state index >= 15 is 0 Å². The number of aliphatic carboxylic acids is 1. The maximum Gasteiger partial charge on any atom is 0.304 e. The van der Waals surface area contributed by atoms with Gasteiger partial charge < -0.3 is 5.11 Å². The van der Waals surface area contributed by atoms with Crippen molar-refractivity contribution in [3.63, 3.8) is 0 Å². The molecule has 0 aliphatic rings. The molecule has 0 fully saturated rings. The van der Waals surface area contributed by atoms with Gasteiger partial charge in [-0.1, -0.05) is 39.5 Å². The van der Waals surface area contributed by atoms with Crippen LogP contribution in [0.2, 0.25) is 0 Å². The third-order valence-corrected chi connectivity index (χ3v) is 2.95. The number of thiol groups is 1. The molecule has 0 radical (unpaired) electrons. The molecule has 0 aliphatic heterocycles. The quantitative estimate of drug-likeness (QED) is 0.613. The fourth-order valence-corrected chi connectivity index (χ4v) is 2.11. The zero-order valence-corrected chi connectivity index (χ0v) is 10.1. The van der Waals surface area contributed by atoms with E-state index in [-0.39, 0.29) is 11.7 Å². The molecule has 0 heterocycles. The molecule has 14 heavy (non-hydrogen) atoms. The monoisotopic (exact) mass is 218 g/mol. The van der Waals surface area contributed by atoms with Crippen LogP contribution >= 0.6 is 12.6 Å². The largest absolute Gasteiger partial charge is 0.481 e. The van der Waals surface area contributed by atoms with Crippen LogP contribution in [0.1, 0.15) is 52.4 Å². The van der Waals surface area contributed by atoms with Gasteiger partial charge in [0.25, 0.3) is 0 Å². The second-order valence-corrected chi connectivity index (χ2v) is 4.63. The number of carboxylic acid groups (broad SMARTS) is 1. The first-order valence-corrected chi connectivity index (χ1v) is 6.01. The van der Waals surface area contributed by atoms with Gasteiger partial charge in [0.2, 0.25) is 0 Å². The molecule has 2 unspecified atom stereocenters. The maximum atomic E-state index is 10.4. The summed E-state index contributed by atoms with van der Waals surface area (Å²) in [5.74, 6) is -0.0906. The van der Waals surface area contributed by atoms with Crippen molar-refractivity contribution in [3.05, 3.63) is 0 Å². The van der Waals surface area contributed by atoms with Gasteiger partial charge in [-0.2, -0.15) is 12.6 Å². The second kappa shape index (κ2) is 8.16. The lowest BCUT2D eigenvalue weighted by Gasteiger charge is -2.17. The molecule has 0 aromatic heterocycles. The Bertz CT molecular complexity index is 159. The minimum atomic E-state index is -0.740. The average Bonchev–Trinajstić information content (AvgIpc) is 2.10. The van der Waals surface area contributed by atoms with Gasteiger partial charge in [-0.05, 0) is 12.3 Å². The molecule has 0 saturated carbocycles. The van der Waals surface area contributed by atoms with Crippen molar-refractivity contribution < 1.29 is 9.90 Å². The van der Waals surface area contributed by atoms with E-state index in [0.29, 0.717) is 5.92 Å². The Morgan fingerprint density at radius 3 is 2.50 bits per heavy atom. The van der Waals surface area contributed by atoms with Crippen molar-refractivity contribution in [2.75, 3.05) is 0 Å². The minimum Gasteiger partial charge on any atom is -0.481 e. The van der Waals surface area contributed by atoms with E-state index in [1.165, 1.54) is 19.3 Å². The highest BCUT2D eigenvalue weighted by atomic mass is 32.1. The average molecular weight is 218 g/mol. The first kappa shape index (κ1) is 13.8. The van der Waals surface area contributed by atoms with Crippen LogP contribution in [0.5, 0.6) is 0 Å². The standard InChI is InChI=1S/C11H22O2S/c1-3-5-6-9(4-2)7-10(14)8-11(12)13/h9-10,14H,3-8H2,1-2H3,(H,12,13). The van der Waals surface area contributed by atoms with Gasteiger partial charge in [0, 0.05) is 5.25 Å². The lowest BCUT2D eigenvalue weighted by molar-refractivity contribution is -0.137. The zero-order chi connectivity index (χ0) is 11.0. The Hall–Kier alpha value is -0.180. The van der Waals surface area contributed by atoms with Crippen LogP contribution in [0.25, 0.3) is 0 Å². The predicted octanol–water partition coefficient (Wildman–Crippen LogP) is 3.37. The first-order valence-electron chi connectivity index (χ1n) is 5.49. The van der Waals surface area contributed by atoms with Gasteiger partial charge in [0.1, 0.15) is 0 Å². The zero-order valence-electron chi connectivity index (χ0n) is 9.20. The van der Waals surface area contributed by atoms with E-state index in [1.54, 1.807) is 0 Å². The third-order valence-electron chi connectivity index (χ3n) is 2.56. The number of rotatable bonds is 8. The van der Waals surface area contributed by atoms with Crippen LogP contribution in [-0.4, -0.2) is 16.3 Å². The molecule has 84 valence electrons. The molecular formula is C11H22O2S. The summed E-state index contributed by atoms with van der Waals surface area (Å²) >= 11 is 4.30. The molecule has 0 bridgehead atoms. The van der Waals surface area contributed by atoms with Crippen molar-refractivity contribution in [2.45, 2.75) is 57.6 Å². The topological polar surface area (TPSA) is 37.3 Å². The van der Waals surface area contributed by atoms with Crippen LogP contribution in [0.15, 0.2) is 0 Å². The summed E-state index contributed by atoms with van der Waals surface area (Å²) in [6.45, 7) is 4.35. The van der Waals surface area contributed by atoms with Crippen molar-refractivity contribution >= 4 is 18.6 Å². The Kier molecular flexibility index (Phi) is 8.05. The summed E-state index contributed by atoms with van der Waals surface area (Å²) in [4.78, 5) is 10.4. The molecule has 2 atom stereocenters. The molecular weight excluding hydrogens is 196 g/mol. The Morgan fingerprint density at radius 2 is 2.07 bits per heavy atom. The van der Waals surface area contributed by atoms with Crippen molar-refractivity contribution in [1.29, 1.82) is 0 Å². The molecule has 0 aromatic rings. The SMILES string of the molecule is CCCCC(CC)CC(S)CC(=O)O. The summed E-state index contributed by atoms with van der Waals surface area (Å²) < 4.78 is 0. The molecule has 0 aromatic carbocycles. The Balaban J connectivity index is 3.73. The number of unbranched alkanes of at least 4 members (excludes halogenated alkanes) is 1. The Morgan fingerprint density at radius 1 is 1.43 bits per heavy atom. The minimum absolute atomic E-state index is 0.0225. The number of hydrogen-bond acceptors (Lipinski definition) is 2. The number of hydrogen-bond donors (Lipinski definition) is 2. The van der Waals surface area contributed by atoms with E-state index in [1.807, 2.05) is 0 Å². The number of carbonyl (C=O) groups is 1. The molecule has 0 amide bonds. The highest BCUT2D eigenvalue weighted by Crippen LogP contribution is 2.22.